The highest BCUT2D eigenvalue weighted by molar-refractivity contribution is 7.80. The molecular formula is C18H20O3S. The number of hydrogen-bond donors (Lipinski definition) is 0. The second-order valence-electron chi connectivity index (χ2n) is 5.82. The molecule has 3 nitrogen and oxygen atoms in total. The topological polar surface area (TPSA) is 35.5 Å². The zero-order chi connectivity index (χ0) is 15.6. The van der Waals surface area contributed by atoms with E-state index in [1.807, 2.05) is 43.3 Å². The van der Waals surface area contributed by atoms with Gasteiger partial charge in [0.05, 0.1) is 18.6 Å². The van der Waals surface area contributed by atoms with E-state index in [1.54, 1.807) is 7.11 Å². The molecule has 0 amide bonds. The monoisotopic (exact) mass is 316 g/mol. The zero-order valence-electron chi connectivity index (χ0n) is 12.9. The van der Waals surface area contributed by atoms with Crippen molar-refractivity contribution in [2.75, 3.05) is 13.7 Å². The third-order valence-electron chi connectivity index (χ3n) is 4.21. The van der Waals surface area contributed by atoms with E-state index >= 15 is 0 Å². The molecule has 0 aliphatic heterocycles. The third kappa shape index (κ3) is 3.23. The highest BCUT2D eigenvalue weighted by Crippen LogP contribution is 2.48. The van der Waals surface area contributed by atoms with E-state index < -0.39 is 11.1 Å². The van der Waals surface area contributed by atoms with Crippen molar-refractivity contribution in [3.63, 3.8) is 0 Å². The second kappa shape index (κ2) is 6.23. The molecule has 0 aromatic heterocycles. The van der Waals surface area contributed by atoms with Gasteiger partial charge in [-0.3, -0.25) is 4.18 Å². The summed E-state index contributed by atoms with van der Waals surface area (Å²) in [6.07, 6.45) is 2.15. The van der Waals surface area contributed by atoms with E-state index in [1.165, 1.54) is 5.56 Å². The Bertz CT molecular complexity index is 658. The summed E-state index contributed by atoms with van der Waals surface area (Å²) < 4.78 is 23.1. The van der Waals surface area contributed by atoms with Gasteiger partial charge in [-0.1, -0.05) is 29.8 Å². The Balaban J connectivity index is 1.65. The van der Waals surface area contributed by atoms with Gasteiger partial charge < -0.3 is 4.74 Å². The Hall–Kier alpha value is -1.65. The van der Waals surface area contributed by atoms with Crippen LogP contribution in [0.15, 0.2) is 53.4 Å². The fraction of sp³-hybridized carbons (Fsp3) is 0.333. The lowest BCUT2D eigenvalue weighted by molar-refractivity contribution is 0.304. The van der Waals surface area contributed by atoms with Crippen molar-refractivity contribution in [3.8, 4) is 5.75 Å². The molecule has 1 atom stereocenters. The van der Waals surface area contributed by atoms with E-state index in [-0.39, 0.29) is 5.41 Å². The molecule has 2 aromatic carbocycles. The molecule has 0 spiro atoms. The van der Waals surface area contributed by atoms with E-state index in [9.17, 15) is 4.21 Å². The van der Waals surface area contributed by atoms with E-state index in [4.69, 9.17) is 8.92 Å². The maximum absolute atomic E-state index is 12.2. The van der Waals surface area contributed by atoms with E-state index in [2.05, 4.69) is 12.1 Å². The normalized spacial score (nSPS) is 17.0. The number of methoxy groups -OCH3 is 1. The summed E-state index contributed by atoms with van der Waals surface area (Å²) in [5, 5.41) is 0. The van der Waals surface area contributed by atoms with Crippen molar-refractivity contribution < 1.29 is 13.1 Å². The predicted octanol–water partition coefficient (Wildman–Crippen LogP) is 3.77. The summed E-state index contributed by atoms with van der Waals surface area (Å²) in [6, 6.07) is 15.7. The first-order valence-corrected chi connectivity index (χ1v) is 8.47. The van der Waals surface area contributed by atoms with Crippen molar-refractivity contribution >= 4 is 11.1 Å². The van der Waals surface area contributed by atoms with Crippen LogP contribution in [0.1, 0.15) is 24.0 Å². The summed E-state index contributed by atoms with van der Waals surface area (Å²) in [4.78, 5) is 0.719. The minimum atomic E-state index is -1.40. The third-order valence-corrected chi connectivity index (χ3v) is 5.20. The van der Waals surface area contributed by atoms with E-state index in [0.717, 1.165) is 29.1 Å². The Morgan fingerprint density at radius 1 is 1.05 bits per heavy atom. The van der Waals surface area contributed by atoms with Crippen molar-refractivity contribution in [3.05, 3.63) is 59.7 Å². The standard InChI is InChI=1S/C18H20O3S/c1-14-3-9-17(10-4-14)22(19)21-13-18(11-12-18)15-5-7-16(20-2)8-6-15/h3-10H,11-13H2,1-2H3. The molecule has 116 valence electrons. The number of benzene rings is 2. The number of hydrogen-bond acceptors (Lipinski definition) is 3. The van der Waals surface area contributed by atoms with Gasteiger partial charge in [0.2, 0.25) is 0 Å². The summed E-state index contributed by atoms with van der Waals surface area (Å²) >= 11 is -1.40. The molecular weight excluding hydrogens is 296 g/mol. The van der Waals surface area contributed by atoms with Crippen LogP contribution < -0.4 is 4.74 Å². The van der Waals surface area contributed by atoms with Crippen LogP contribution in [0.3, 0.4) is 0 Å². The Labute approximate surface area is 133 Å². The molecule has 1 aliphatic rings. The summed E-state index contributed by atoms with van der Waals surface area (Å²) in [7, 11) is 1.66. The van der Waals surface area contributed by atoms with Crippen LogP contribution in [0.25, 0.3) is 0 Å². The van der Waals surface area contributed by atoms with Crippen molar-refractivity contribution in [2.24, 2.45) is 0 Å². The Kier molecular flexibility index (Phi) is 4.32. The first-order valence-electron chi connectivity index (χ1n) is 7.39. The lowest BCUT2D eigenvalue weighted by Crippen LogP contribution is -2.16. The zero-order valence-corrected chi connectivity index (χ0v) is 13.7. The van der Waals surface area contributed by atoms with Crippen LogP contribution >= 0.6 is 0 Å². The average molecular weight is 316 g/mol. The number of ether oxygens (including phenoxy) is 1. The fourth-order valence-corrected chi connectivity index (χ4v) is 3.32. The van der Waals surface area contributed by atoms with Crippen molar-refractivity contribution in [1.29, 1.82) is 0 Å². The minimum absolute atomic E-state index is 0.0205. The van der Waals surface area contributed by atoms with Gasteiger partial charge in [-0.05, 0) is 49.6 Å². The van der Waals surface area contributed by atoms with Gasteiger partial charge in [0.25, 0.3) is 0 Å². The quantitative estimate of drug-likeness (QED) is 0.813. The highest BCUT2D eigenvalue weighted by atomic mass is 32.2. The molecule has 2 aromatic rings. The van der Waals surface area contributed by atoms with Crippen LogP contribution in [-0.2, 0) is 20.7 Å². The van der Waals surface area contributed by atoms with Crippen LogP contribution in [0.2, 0.25) is 0 Å². The molecule has 0 radical (unpaired) electrons. The molecule has 4 heteroatoms. The fourth-order valence-electron chi connectivity index (χ4n) is 2.50. The van der Waals surface area contributed by atoms with Gasteiger partial charge >= 0.3 is 0 Å². The number of rotatable bonds is 6. The predicted molar refractivity (Wildman–Crippen MR) is 87.4 cm³/mol. The smallest absolute Gasteiger partial charge is 0.189 e. The minimum Gasteiger partial charge on any atom is -0.497 e. The van der Waals surface area contributed by atoms with Crippen LogP contribution in [0, 0.1) is 6.92 Å². The lowest BCUT2D eigenvalue weighted by atomic mass is 9.97. The van der Waals surface area contributed by atoms with Crippen LogP contribution in [0.4, 0.5) is 0 Å². The van der Waals surface area contributed by atoms with Gasteiger partial charge in [0.15, 0.2) is 11.1 Å². The summed E-state index contributed by atoms with van der Waals surface area (Å²) in [5.74, 6) is 0.851. The van der Waals surface area contributed by atoms with Gasteiger partial charge in [-0.25, -0.2) is 4.21 Å². The van der Waals surface area contributed by atoms with Crippen molar-refractivity contribution in [2.45, 2.75) is 30.1 Å². The molecule has 3 rings (SSSR count). The van der Waals surface area contributed by atoms with Crippen molar-refractivity contribution in [1.82, 2.24) is 0 Å². The summed E-state index contributed by atoms with van der Waals surface area (Å²) in [5.41, 5.74) is 2.40. The highest BCUT2D eigenvalue weighted by Gasteiger charge is 2.45. The maximum Gasteiger partial charge on any atom is 0.189 e. The SMILES string of the molecule is COc1ccc(C2(COS(=O)c3ccc(C)cc3)CC2)cc1. The molecule has 0 N–H and O–H groups in total. The largest absolute Gasteiger partial charge is 0.497 e. The average Bonchev–Trinajstić information content (AvgIpc) is 3.34. The lowest BCUT2D eigenvalue weighted by Gasteiger charge is -2.15. The molecule has 0 saturated heterocycles. The molecule has 1 fully saturated rings. The Morgan fingerprint density at radius 3 is 2.23 bits per heavy atom. The second-order valence-corrected chi connectivity index (χ2v) is 7.00. The van der Waals surface area contributed by atoms with Gasteiger partial charge in [0.1, 0.15) is 5.75 Å². The van der Waals surface area contributed by atoms with Gasteiger partial charge in [-0.2, -0.15) is 0 Å². The number of aryl methyl sites for hydroxylation is 1. The molecule has 1 saturated carbocycles. The molecule has 0 bridgehead atoms. The maximum atomic E-state index is 12.2. The molecule has 1 unspecified atom stereocenters. The van der Waals surface area contributed by atoms with Crippen LogP contribution in [-0.4, -0.2) is 17.9 Å². The van der Waals surface area contributed by atoms with Crippen LogP contribution in [0.5, 0.6) is 5.75 Å². The molecule has 1 aliphatic carbocycles. The molecule has 22 heavy (non-hydrogen) atoms. The van der Waals surface area contributed by atoms with Gasteiger partial charge in [0, 0.05) is 5.41 Å². The first-order chi connectivity index (χ1) is 10.6. The first kappa shape index (κ1) is 15.3. The van der Waals surface area contributed by atoms with Gasteiger partial charge in [-0.15, -0.1) is 0 Å². The van der Waals surface area contributed by atoms with E-state index in [0.29, 0.717) is 6.61 Å². The molecule has 0 heterocycles. The Morgan fingerprint density at radius 2 is 1.68 bits per heavy atom. The summed E-state index contributed by atoms with van der Waals surface area (Å²) in [6.45, 7) is 2.50.